The van der Waals surface area contributed by atoms with Crippen molar-refractivity contribution in [2.45, 2.75) is 11.8 Å². The fourth-order valence-corrected chi connectivity index (χ4v) is 2.97. The summed E-state index contributed by atoms with van der Waals surface area (Å²) in [7, 11) is -4.44. The first-order valence-corrected chi connectivity index (χ1v) is 8.13. The molecule has 128 valence electrons. The quantitative estimate of drug-likeness (QED) is 0.722. The van der Waals surface area contributed by atoms with E-state index in [0.29, 0.717) is 5.69 Å². The number of amides is 2. The van der Waals surface area contributed by atoms with Crippen LogP contribution in [-0.2, 0) is 10.0 Å². The van der Waals surface area contributed by atoms with Gasteiger partial charge in [0.2, 0.25) is 5.95 Å². The number of nitrogens with one attached hydrogen (secondary N) is 2. The number of sulfonamides is 1. The highest BCUT2D eigenvalue weighted by Crippen LogP contribution is 2.15. The first-order chi connectivity index (χ1) is 11.7. The Hall–Kier alpha value is -3.52. The Morgan fingerprint density at radius 2 is 1.92 bits per heavy atom. The van der Waals surface area contributed by atoms with Gasteiger partial charge in [0, 0.05) is 5.69 Å². The van der Waals surface area contributed by atoms with Crippen molar-refractivity contribution in [3.8, 4) is 6.07 Å². The molecule has 0 unspecified atom stereocenters. The van der Waals surface area contributed by atoms with Gasteiger partial charge in [0.1, 0.15) is 16.7 Å². The molecule has 2 rings (SSSR count). The zero-order valence-electron chi connectivity index (χ0n) is 12.7. The Labute approximate surface area is 142 Å². The smallest absolute Gasteiger partial charge is 0.337 e. The number of carbonyl (C=O) groups is 2. The maximum absolute atomic E-state index is 12.2. The SMILES string of the molecule is Cc1cc(C#N)nc(NC(=O)NS(=O)(=O)c2ccccc2C(=O)O)n1. The summed E-state index contributed by atoms with van der Waals surface area (Å²) in [5, 5.41) is 19.9. The van der Waals surface area contributed by atoms with Crippen LogP contribution in [0.1, 0.15) is 21.7 Å². The standard InChI is InChI=1S/C14H11N5O5S/c1-8-6-9(7-15)17-13(16-8)18-14(22)19-25(23,24)11-5-3-2-4-10(11)12(20)21/h2-6H,1H3,(H,20,21)(H2,16,17,18,19,22). The molecule has 2 amide bonds. The number of benzene rings is 1. The molecule has 0 atom stereocenters. The van der Waals surface area contributed by atoms with Crippen molar-refractivity contribution >= 4 is 28.0 Å². The molecule has 0 aliphatic rings. The first-order valence-electron chi connectivity index (χ1n) is 6.65. The molecule has 0 aliphatic heterocycles. The Morgan fingerprint density at radius 3 is 2.56 bits per heavy atom. The minimum absolute atomic E-state index is 0.0121. The van der Waals surface area contributed by atoms with E-state index in [9.17, 15) is 18.0 Å². The minimum atomic E-state index is -4.44. The second kappa shape index (κ2) is 6.93. The lowest BCUT2D eigenvalue weighted by atomic mass is 10.2. The summed E-state index contributed by atoms with van der Waals surface area (Å²) in [6, 6.07) is 6.77. The molecule has 0 fully saturated rings. The van der Waals surface area contributed by atoms with Gasteiger partial charge in [-0.25, -0.2) is 32.7 Å². The Kier molecular flexibility index (Phi) is 4.94. The minimum Gasteiger partial charge on any atom is -0.478 e. The van der Waals surface area contributed by atoms with Gasteiger partial charge in [-0.3, -0.25) is 5.32 Å². The van der Waals surface area contributed by atoms with Crippen molar-refractivity contribution < 1.29 is 23.1 Å². The van der Waals surface area contributed by atoms with E-state index in [0.717, 1.165) is 12.1 Å². The van der Waals surface area contributed by atoms with Crippen molar-refractivity contribution in [3.05, 3.63) is 47.3 Å². The zero-order chi connectivity index (χ0) is 18.6. The molecule has 1 aromatic carbocycles. The van der Waals surface area contributed by atoms with E-state index >= 15 is 0 Å². The molecule has 0 spiro atoms. The van der Waals surface area contributed by atoms with E-state index in [4.69, 9.17) is 10.4 Å². The van der Waals surface area contributed by atoms with Gasteiger partial charge in [-0.2, -0.15) is 5.26 Å². The molecule has 2 aromatic rings. The molecule has 1 aromatic heterocycles. The Morgan fingerprint density at radius 1 is 1.24 bits per heavy atom. The third-order valence-electron chi connectivity index (χ3n) is 2.83. The first kappa shape index (κ1) is 17.8. The van der Waals surface area contributed by atoms with Crippen molar-refractivity contribution in [2.75, 3.05) is 5.32 Å². The highest BCUT2D eigenvalue weighted by Gasteiger charge is 2.24. The van der Waals surface area contributed by atoms with E-state index < -0.39 is 32.5 Å². The molecule has 11 heteroatoms. The van der Waals surface area contributed by atoms with Crippen LogP contribution in [0.3, 0.4) is 0 Å². The zero-order valence-corrected chi connectivity index (χ0v) is 13.5. The number of aromatic carboxylic acids is 1. The largest absolute Gasteiger partial charge is 0.478 e. The summed E-state index contributed by atoms with van der Waals surface area (Å²) < 4.78 is 26.1. The van der Waals surface area contributed by atoms with Crippen LogP contribution in [0.5, 0.6) is 0 Å². The molecule has 0 saturated heterocycles. The molecule has 0 saturated carbocycles. The van der Waals surface area contributed by atoms with Crippen LogP contribution < -0.4 is 10.0 Å². The lowest BCUT2D eigenvalue weighted by Gasteiger charge is -2.10. The molecule has 10 nitrogen and oxygen atoms in total. The highest BCUT2D eigenvalue weighted by molar-refractivity contribution is 7.90. The van der Waals surface area contributed by atoms with E-state index in [2.05, 4.69) is 15.3 Å². The van der Waals surface area contributed by atoms with Crippen LogP contribution >= 0.6 is 0 Å². The van der Waals surface area contributed by atoms with E-state index in [-0.39, 0.29) is 11.6 Å². The molecule has 0 aliphatic carbocycles. The third kappa shape index (κ3) is 4.27. The topological polar surface area (TPSA) is 162 Å². The predicted molar refractivity (Wildman–Crippen MR) is 84.2 cm³/mol. The van der Waals surface area contributed by atoms with Crippen LogP contribution in [0.15, 0.2) is 35.2 Å². The van der Waals surface area contributed by atoms with Gasteiger partial charge in [0.05, 0.1) is 5.56 Å². The van der Waals surface area contributed by atoms with Gasteiger partial charge in [0.15, 0.2) is 0 Å². The maximum atomic E-state index is 12.2. The summed E-state index contributed by atoms with van der Waals surface area (Å²) in [6.07, 6.45) is 0. The van der Waals surface area contributed by atoms with Crippen LogP contribution in [-0.4, -0.2) is 35.5 Å². The third-order valence-corrected chi connectivity index (χ3v) is 4.22. The summed E-state index contributed by atoms with van der Waals surface area (Å²) in [6.45, 7) is 1.56. The van der Waals surface area contributed by atoms with Crippen molar-refractivity contribution in [2.24, 2.45) is 0 Å². The summed E-state index contributed by atoms with van der Waals surface area (Å²) in [5.74, 6) is -1.72. The van der Waals surface area contributed by atoms with Gasteiger partial charge in [-0.05, 0) is 25.1 Å². The van der Waals surface area contributed by atoms with Crippen LogP contribution in [0.4, 0.5) is 10.7 Å². The average molecular weight is 361 g/mol. The number of hydrogen-bond acceptors (Lipinski definition) is 7. The fourth-order valence-electron chi connectivity index (χ4n) is 1.86. The average Bonchev–Trinajstić information content (AvgIpc) is 2.53. The van der Waals surface area contributed by atoms with Crippen LogP contribution in [0.25, 0.3) is 0 Å². The summed E-state index contributed by atoms with van der Waals surface area (Å²) in [4.78, 5) is 30.0. The molecule has 1 heterocycles. The molecule has 3 N–H and O–H groups in total. The van der Waals surface area contributed by atoms with Crippen molar-refractivity contribution in [1.29, 1.82) is 5.26 Å². The number of carbonyl (C=O) groups excluding carboxylic acids is 1. The molecule has 0 bridgehead atoms. The monoisotopic (exact) mass is 361 g/mol. The maximum Gasteiger partial charge on any atom is 0.337 e. The lowest BCUT2D eigenvalue weighted by Crippen LogP contribution is -2.35. The fraction of sp³-hybridized carbons (Fsp3) is 0.0714. The number of carboxylic acids is 1. The second-order valence-corrected chi connectivity index (χ2v) is 6.34. The Bertz CT molecular complexity index is 997. The van der Waals surface area contributed by atoms with E-state index in [1.165, 1.54) is 18.2 Å². The summed E-state index contributed by atoms with van der Waals surface area (Å²) in [5.41, 5.74) is -0.107. The number of urea groups is 1. The number of nitriles is 1. The van der Waals surface area contributed by atoms with Crippen LogP contribution in [0, 0.1) is 18.3 Å². The number of aromatic nitrogens is 2. The van der Waals surface area contributed by atoms with Crippen molar-refractivity contribution in [3.63, 3.8) is 0 Å². The Balaban J connectivity index is 2.25. The second-order valence-electron chi connectivity index (χ2n) is 4.69. The van der Waals surface area contributed by atoms with Gasteiger partial charge in [0.25, 0.3) is 10.0 Å². The molecular formula is C14H11N5O5S. The molecular weight excluding hydrogens is 350 g/mol. The lowest BCUT2D eigenvalue weighted by molar-refractivity contribution is 0.0692. The number of aryl methyl sites for hydroxylation is 1. The highest BCUT2D eigenvalue weighted by atomic mass is 32.2. The number of nitrogens with zero attached hydrogens (tertiary/aromatic N) is 3. The number of anilines is 1. The normalized spacial score (nSPS) is 10.6. The number of hydrogen-bond donors (Lipinski definition) is 3. The van der Waals surface area contributed by atoms with Gasteiger partial charge in [-0.15, -0.1) is 0 Å². The predicted octanol–water partition coefficient (Wildman–Crippen LogP) is 0.865. The van der Waals surface area contributed by atoms with Gasteiger partial charge >= 0.3 is 12.0 Å². The van der Waals surface area contributed by atoms with Crippen LogP contribution in [0.2, 0.25) is 0 Å². The molecule has 0 radical (unpaired) electrons. The summed E-state index contributed by atoms with van der Waals surface area (Å²) >= 11 is 0. The van der Waals surface area contributed by atoms with E-state index in [1.807, 2.05) is 0 Å². The van der Waals surface area contributed by atoms with Gasteiger partial charge in [-0.1, -0.05) is 12.1 Å². The number of rotatable bonds is 4. The van der Waals surface area contributed by atoms with Crippen molar-refractivity contribution in [1.82, 2.24) is 14.7 Å². The van der Waals surface area contributed by atoms with E-state index in [1.54, 1.807) is 17.7 Å². The number of carboxylic acid groups (broad SMARTS) is 1. The molecule has 25 heavy (non-hydrogen) atoms. The van der Waals surface area contributed by atoms with Gasteiger partial charge < -0.3 is 5.11 Å².